The van der Waals surface area contributed by atoms with Crippen molar-refractivity contribution in [3.63, 3.8) is 0 Å². The molecule has 0 spiro atoms. The van der Waals surface area contributed by atoms with E-state index in [4.69, 9.17) is 28.1 Å². The molecule has 1 aromatic heterocycles. The second kappa shape index (κ2) is 13.5. The van der Waals surface area contributed by atoms with Crippen LogP contribution >= 0.6 is 0 Å². The van der Waals surface area contributed by atoms with Gasteiger partial charge in [-0.3, -0.25) is 9.59 Å². The molecule has 2 saturated heterocycles. The van der Waals surface area contributed by atoms with Gasteiger partial charge in [-0.15, -0.1) is 0 Å². The van der Waals surface area contributed by atoms with E-state index in [0.717, 1.165) is 31.2 Å². The fourth-order valence-electron chi connectivity index (χ4n) is 5.18. The highest BCUT2D eigenvalue weighted by atomic mass is 16.7. The number of rotatable bonds is 8. The highest BCUT2D eigenvalue weighted by Crippen LogP contribution is 2.40. The quantitative estimate of drug-likeness (QED) is 0.0904. The molecule has 0 radical (unpaired) electrons. The average molecular weight is 669 g/mol. The molecule has 2 aromatic carbocycles. The van der Waals surface area contributed by atoms with Crippen LogP contribution in [-0.4, -0.2) is 132 Å². The summed E-state index contributed by atoms with van der Waals surface area (Å²) in [5.74, 6) is -4.29. The molecule has 18 nitrogen and oxygen atoms in total. The van der Waals surface area contributed by atoms with Crippen molar-refractivity contribution in [2.75, 3.05) is 13.2 Å². The number of benzene rings is 2. The lowest BCUT2D eigenvalue weighted by Crippen LogP contribution is -2.65. The topological polar surface area (TPSA) is 296 Å². The molecule has 2 aliphatic heterocycles. The van der Waals surface area contributed by atoms with Crippen LogP contribution in [0.3, 0.4) is 0 Å². The average Bonchev–Trinajstić information content (AvgIpc) is 3.01. The number of aliphatic hydroxyl groups excluding tert-OH is 6. The van der Waals surface area contributed by atoms with Crippen LogP contribution in [-0.2, 0) is 23.7 Å². The van der Waals surface area contributed by atoms with Crippen molar-refractivity contribution in [3.05, 3.63) is 40.6 Å². The van der Waals surface area contributed by atoms with E-state index in [9.17, 15) is 60.7 Å². The monoisotopic (exact) mass is 668 g/mol. The number of ether oxygens (including phenoxy) is 5. The first-order valence-electron chi connectivity index (χ1n) is 14.0. The molecule has 0 unspecified atom stereocenters. The molecular formula is C29H32O18. The van der Waals surface area contributed by atoms with Crippen molar-refractivity contribution >= 4 is 16.9 Å². The molecule has 18 heteroatoms. The maximum Gasteiger partial charge on any atom is 0.302 e. The number of hydrogen-bond donors (Lipinski definition) is 10. The van der Waals surface area contributed by atoms with E-state index in [1.165, 1.54) is 6.07 Å². The van der Waals surface area contributed by atoms with Gasteiger partial charge in [0.1, 0.15) is 77.9 Å². The molecule has 3 aromatic rings. The van der Waals surface area contributed by atoms with E-state index >= 15 is 0 Å². The number of hydrogen-bond acceptors (Lipinski definition) is 18. The summed E-state index contributed by atoms with van der Waals surface area (Å²) in [6, 6.07) is 5.12. The smallest absolute Gasteiger partial charge is 0.302 e. The lowest BCUT2D eigenvalue weighted by atomic mass is 9.97. The Morgan fingerprint density at radius 1 is 0.809 bits per heavy atom. The van der Waals surface area contributed by atoms with Crippen LogP contribution in [0.5, 0.6) is 28.7 Å². The zero-order valence-electron chi connectivity index (χ0n) is 24.3. The Bertz CT molecular complexity index is 1670. The summed E-state index contributed by atoms with van der Waals surface area (Å²) in [5, 5.41) is 103. The molecule has 2 fully saturated rings. The third-order valence-corrected chi connectivity index (χ3v) is 7.62. The molecule has 47 heavy (non-hydrogen) atoms. The maximum absolute atomic E-state index is 13.7. The Balaban J connectivity index is 1.52. The number of phenols is 4. The molecule has 0 saturated carbocycles. The van der Waals surface area contributed by atoms with Gasteiger partial charge in [-0.1, -0.05) is 0 Å². The van der Waals surface area contributed by atoms with Gasteiger partial charge in [0.2, 0.25) is 17.5 Å². The maximum atomic E-state index is 13.7. The Hall–Kier alpha value is -4.24. The van der Waals surface area contributed by atoms with Crippen LogP contribution in [0.1, 0.15) is 6.92 Å². The van der Waals surface area contributed by atoms with E-state index < -0.39 is 126 Å². The molecule has 0 amide bonds. The standard InChI is InChI=1S/C29H32O18/c1-9(31)42-8-17-19(36)22(39)23(40)28(45-17)46-26-20(37)16(7-30)44-29(24(26)41)47-27-21(38)18-14(35)5-11(32)6-15(18)43-25(27)10-2-3-12(33)13(34)4-10/h2-6,16-17,19-20,22-24,26,28-30,32-37,39-41H,7-8H2,1H3/t16-,17-,19+,20-,22-,23-,24-,26-,28-,29-/m0/s1. The van der Waals surface area contributed by atoms with Crippen LogP contribution in [0.4, 0.5) is 0 Å². The predicted molar refractivity (Wildman–Crippen MR) is 151 cm³/mol. The van der Waals surface area contributed by atoms with Crippen molar-refractivity contribution in [2.24, 2.45) is 0 Å². The Morgan fingerprint density at radius 2 is 1.51 bits per heavy atom. The van der Waals surface area contributed by atoms with E-state index in [1.54, 1.807) is 0 Å². The number of aromatic hydroxyl groups is 4. The van der Waals surface area contributed by atoms with Gasteiger partial charge >= 0.3 is 5.97 Å². The highest BCUT2D eigenvalue weighted by Gasteiger charge is 2.52. The summed E-state index contributed by atoms with van der Waals surface area (Å²) in [7, 11) is 0. The highest BCUT2D eigenvalue weighted by molar-refractivity contribution is 5.88. The molecule has 10 atom stereocenters. The minimum atomic E-state index is -2.07. The first-order chi connectivity index (χ1) is 22.2. The number of aliphatic hydroxyl groups is 6. The molecule has 256 valence electrons. The molecule has 3 heterocycles. The minimum absolute atomic E-state index is 0.0703. The Morgan fingerprint density at radius 3 is 2.17 bits per heavy atom. The van der Waals surface area contributed by atoms with Crippen LogP contribution in [0.25, 0.3) is 22.3 Å². The van der Waals surface area contributed by atoms with Gasteiger partial charge in [0.15, 0.2) is 23.5 Å². The van der Waals surface area contributed by atoms with E-state index in [1.807, 2.05) is 0 Å². The lowest BCUT2D eigenvalue weighted by Gasteiger charge is -2.45. The normalized spacial score (nSPS) is 31.0. The first-order valence-corrected chi connectivity index (χ1v) is 14.0. The summed E-state index contributed by atoms with van der Waals surface area (Å²) in [6.45, 7) is -0.388. The van der Waals surface area contributed by atoms with Gasteiger partial charge < -0.3 is 79.2 Å². The van der Waals surface area contributed by atoms with E-state index in [2.05, 4.69) is 0 Å². The Labute approximate surface area is 263 Å². The van der Waals surface area contributed by atoms with Crippen molar-refractivity contribution in [2.45, 2.75) is 68.3 Å². The number of carbonyl (C=O) groups excluding carboxylic acids is 1. The molecule has 5 rings (SSSR count). The first kappa shape index (κ1) is 34.1. The summed E-state index contributed by atoms with van der Waals surface area (Å²) >= 11 is 0. The third-order valence-electron chi connectivity index (χ3n) is 7.62. The summed E-state index contributed by atoms with van der Waals surface area (Å²) < 4.78 is 32.9. The number of esters is 1. The fourth-order valence-corrected chi connectivity index (χ4v) is 5.18. The largest absolute Gasteiger partial charge is 0.508 e. The zero-order chi connectivity index (χ0) is 34.3. The van der Waals surface area contributed by atoms with Crippen molar-refractivity contribution < 1.29 is 84.0 Å². The van der Waals surface area contributed by atoms with Crippen LogP contribution in [0.2, 0.25) is 0 Å². The second-order valence-corrected chi connectivity index (χ2v) is 10.9. The van der Waals surface area contributed by atoms with E-state index in [0.29, 0.717) is 0 Å². The number of phenolic OH excluding ortho intramolecular Hbond substituents is 4. The zero-order valence-corrected chi connectivity index (χ0v) is 24.3. The molecule has 2 aliphatic rings. The van der Waals surface area contributed by atoms with Gasteiger partial charge in [0, 0.05) is 24.6 Å². The van der Waals surface area contributed by atoms with Crippen molar-refractivity contribution in [1.82, 2.24) is 0 Å². The lowest BCUT2D eigenvalue weighted by molar-refractivity contribution is -0.353. The molecule has 0 aliphatic carbocycles. The van der Waals surface area contributed by atoms with Gasteiger partial charge in [-0.2, -0.15) is 0 Å². The van der Waals surface area contributed by atoms with Gasteiger partial charge in [-0.05, 0) is 18.2 Å². The van der Waals surface area contributed by atoms with Gasteiger partial charge in [0.05, 0.1) is 6.61 Å². The molecule has 10 N–H and O–H groups in total. The van der Waals surface area contributed by atoms with Crippen molar-refractivity contribution in [1.29, 1.82) is 0 Å². The minimum Gasteiger partial charge on any atom is -0.508 e. The van der Waals surface area contributed by atoms with Crippen LogP contribution < -0.4 is 10.2 Å². The van der Waals surface area contributed by atoms with Crippen molar-refractivity contribution in [3.8, 4) is 40.1 Å². The molecule has 0 bridgehead atoms. The van der Waals surface area contributed by atoms with Crippen LogP contribution in [0.15, 0.2) is 39.5 Å². The SMILES string of the molecule is CC(=O)OC[C@@H]1O[C@@H](O[C@@H]2[C@H](O)[C@H](Oc3c(-c4ccc(O)c(O)c4)oc4cc(O)cc(O)c4c3=O)O[C@@H](CO)[C@@H]2O)[C@@H](O)[C@@H](O)[C@@H]1O. The van der Waals surface area contributed by atoms with Gasteiger partial charge in [-0.25, -0.2) is 0 Å². The predicted octanol–water partition coefficient (Wildman–Crippen LogP) is -2.14. The fraction of sp³-hybridized carbons (Fsp3) is 0.448. The summed E-state index contributed by atoms with van der Waals surface area (Å²) in [5.41, 5.74) is -1.47. The third kappa shape index (κ3) is 6.63. The summed E-state index contributed by atoms with van der Waals surface area (Å²) in [6.07, 6.45) is -18.2. The summed E-state index contributed by atoms with van der Waals surface area (Å²) in [4.78, 5) is 25.0. The second-order valence-electron chi connectivity index (χ2n) is 10.9. The molecular weight excluding hydrogens is 636 g/mol. The number of fused-ring (bicyclic) bond motifs is 1. The van der Waals surface area contributed by atoms with Crippen LogP contribution in [0, 0.1) is 0 Å². The Kier molecular flexibility index (Phi) is 9.78. The van der Waals surface area contributed by atoms with Gasteiger partial charge in [0.25, 0.3) is 0 Å². The number of carbonyl (C=O) groups is 1. The van der Waals surface area contributed by atoms with E-state index in [-0.39, 0.29) is 11.1 Å².